The molecular weight excluding hydrogens is 431 g/mol. The number of halogens is 1. The van der Waals surface area contributed by atoms with Gasteiger partial charge >= 0.3 is 0 Å². The fourth-order valence-corrected chi connectivity index (χ4v) is 3.86. The largest absolute Gasteiger partial charge is 0.362 e. The Labute approximate surface area is 201 Å². The fourth-order valence-electron chi connectivity index (χ4n) is 3.86. The van der Waals surface area contributed by atoms with Crippen molar-refractivity contribution >= 4 is 28.4 Å². The molecule has 1 heterocycles. The Morgan fingerprint density at radius 3 is 2.29 bits per heavy atom. The number of para-hydroxylation sites is 1. The second-order valence-electron chi connectivity index (χ2n) is 9.06. The molecule has 180 valence electrons. The number of hydrogen-bond acceptors (Lipinski definition) is 5. The topological polar surface area (TPSA) is 56.8 Å². The predicted molar refractivity (Wildman–Crippen MR) is 135 cm³/mol. The number of carbonyl (C=O) groups is 2. The van der Waals surface area contributed by atoms with E-state index >= 15 is 0 Å². The van der Waals surface area contributed by atoms with Gasteiger partial charge in [0.15, 0.2) is 5.78 Å². The van der Waals surface area contributed by atoms with Crippen LogP contribution in [-0.4, -0.2) is 67.8 Å². The van der Waals surface area contributed by atoms with Gasteiger partial charge in [-0.3, -0.25) is 9.59 Å². The van der Waals surface area contributed by atoms with E-state index in [1.165, 1.54) is 24.3 Å². The zero-order valence-electron chi connectivity index (χ0n) is 20.6. The van der Waals surface area contributed by atoms with Crippen molar-refractivity contribution in [2.75, 3.05) is 46.2 Å². The molecule has 0 bridgehead atoms. The predicted octanol–water partition coefficient (Wildman–Crippen LogP) is 4.30. The normalized spacial score (nSPS) is 11.1. The number of nitrogens with zero attached hydrogens (tertiary/aromatic N) is 4. The molecule has 0 unspecified atom stereocenters. The average molecular weight is 465 g/mol. The fraction of sp³-hybridized carbons (Fsp3) is 0.370. The lowest BCUT2D eigenvalue weighted by Crippen LogP contribution is -2.36. The van der Waals surface area contributed by atoms with Gasteiger partial charge in [0.1, 0.15) is 11.6 Å². The van der Waals surface area contributed by atoms with Gasteiger partial charge in [0.05, 0.1) is 5.52 Å². The molecule has 0 aliphatic heterocycles. The number of aromatic nitrogens is 1. The maximum Gasteiger partial charge on any atom is 0.223 e. The van der Waals surface area contributed by atoms with Crippen LogP contribution in [0.15, 0.2) is 48.5 Å². The van der Waals surface area contributed by atoms with E-state index in [2.05, 4.69) is 6.07 Å². The number of benzene rings is 2. The van der Waals surface area contributed by atoms with Crippen molar-refractivity contribution in [3.8, 4) is 0 Å². The summed E-state index contributed by atoms with van der Waals surface area (Å²) in [7, 11) is 7.82. The van der Waals surface area contributed by atoms with Crippen LogP contribution in [0.1, 0.15) is 34.3 Å². The van der Waals surface area contributed by atoms with E-state index in [0.29, 0.717) is 25.2 Å². The molecule has 0 N–H and O–H groups in total. The Morgan fingerprint density at radius 2 is 1.65 bits per heavy atom. The van der Waals surface area contributed by atoms with Gasteiger partial charge in [-0.05, 0) is 56.9 Å². The zero-order valence-corrected chi connectivity index (χ0v) is 20.6. The first-order chi connectivity index (χ1) is 16.2. The third-order valence-corrected chi connectivity index (χ3v) is 5.79. The van der Waals surface area contributed by atoms with Crippen molar-refractivity contribution < 1.29 is 14.0 Å². The highest BCUT2D eigenvalue weighted by Gasteiger charge is 2.20. The highest BCUT2D eigenvalue weighted by atomic mass is 19.1. The van der Waals surface area contributed by atoms with Crippen LogP contribution in [-0.2, 0) is 11.3 Å². The van der Waals surface area contributed by atoms with Crippen LogP contribution in [0.4, 0.5) is 10.2 Å². The number of likely N-dealkylation sites (N-methyl/N-ethyl adjacent to an activating group) is 1. The van der Waals surface area contributed by atoms with Crippen molar-refractivity contribution in [2.45, 2.75) is 26.3 Å². The standard InChI is InChI=1S/C27H33FN4O2/c1-19-7-6-8-21-17-22(27(31(4)5)29-26(19)21)18-32(16-15-30(2)3)25(34)14-13-24(33)20-9-11-23(28)12-10-20/h6-12,17H,13-16,18H2,1-5H3. The first-order valence-electron chi connectivity index (χ1n) is 11.4. The zero-order chi connectivity index (χ0) is 24.8. The maximum absolute atomic E-state index is 13.2. The SMILES string of the molecule is Cc1cccc2cc(CN(CCN(C)C)C(=O)CCC(=O)c3ccc(F)cc3)c(N(C)C)nc12. The number of fused-ring (bicyclic) bond motifs is 1. The molecule has 1 aromatic heterocycles. The molecule has 6 nitrogen and oxygen atoms in total. The number of amides is 1. The lowest BCUT2D eigenvalue weighted by molar-refractivity contribution is -0.131. The molecule has 3 aromatic rings. The van der Waals surface area contributed by atoms with E-state index in [1.54, 1.807) is 4.90 Å². The highest BCUT2D eigenvalue weighted by molar-refractivity contribution is 5.98. The quantitative estimate of drug-likeness (QED) is 0.419. The Hall–Kier alpha value is -3.32. The average Bonchev–Trinajstić information content (AvgIpc) is 2.80. The number of aryl methyl sites for hydroxylation is 1. The van der Waals surface area contributed by atoms with Crippen molar-refractivity contribution in [1.29, 1.82) is 0 Å². The molecule has 34 heavy (non-hydrogen) atoms. The number of carbonyl (C=O) groups excluding carboxylic acids is 2. The second-order valence-corrected chi connectivity index (χ2v) is 9.06. The summed E-state index contributed by atoms with van der Waals surface area (Å²) in [4.78, 5) is 36.4. The Balaban J connectivity index is 1.82. The summed E-state index contributed by atoms with van der Waals surface area (Å²) in [5.41, 5.74) is 3.43. The number of hydrogen-bond donors (Lipinski definition) is 0. The van der Waals surface area contributed by atoms with Crippen LogP contribution in [0.3, 0.4) is 0 Å². The summed E-state index contributed by atoms with van der Waals surface area (Å²) in [6, 6.07) is 13.6. The summed E-state index contributed by atoms with van der Waals surface area (Å²) in [6.45, 7) is 3.69. The molecule has 0 radical (unpaired) electrons. The van der Waals surface area contributed by atoms with Crippen LogP contribution < -0.4 is 4.90 Å². The van der Waals surface area contributed by atoms with Gasteiger partial charge in [0, 0.05) is 63.1 Å². The summed E-state index contributed by atoms with van der Waals surface area (Å²) in [5, 5.41) is 1.03. The minimum atomic E-state index is -0.390. The summed E-state index contributed by atoms with van der Waals surface area (Å²) >= 11 is 0. The van der Waals surface area contributed by atoms with E-state index in [1.807, 2.05) is 63.1 Å². The number of ketones is 1. The van der Waals surface area contributed by atoms with Crippen LogP contribution in [0.5, 0.6) is 0 Å². The number of rotatable bonds is 10. The van der Waals surface area contributed by atoms with Crippen LogP contribution in [0, 0.1) is 12.7 Å². The molecule has 0 spiro atoms. The smallest absolute Gasteiger partial charge is 0.223 e. The van der Waals surface area contributed by atoms with Crippen LogP contribution in [0.2, 0.25) is 0 Å². The monoisotopic (exact) mass is 464 g/mol. The lowest BCUT2D eigenvalue weighted by Gasteiger charge is -2.27. The minimum absolute atomic E-state index is 0.0820. The molecule has 1 amide bonds. The number of Topliss-reactive ketones (excluding diaryl/α,β-unsaturated/α-hetero) is 1. The van der Waals surface area contributed by atoms with E-state index in [0.717, 1.165) is 27.8 Å². The Bertz CT molecular complexity index is 1160. The second kappa shape index (κ2) is 11.2. The van der Waals surface area contributed by atoms with Gasteiger partial charge in [0.2, 0.25) is 5.91 Å². The van der Waals surface area contributed by atoms with Crippen LogP contribution in [0.25, 0.3) is 10.9 Å². The minimum Gasteiger partial charge on any atom is -0.362 e. The van der Waals surface area contributed by atoms with E-state index in [4.69, 9.17) is 4.98 Å². The third kappa shape index (κ3) is 6.38. The summed E-state index contributed by atoms with van der Waals surface area (Å²) in [6.07, 6.45) is 0.180. The summed E-state index contributed by atoms with van der Waals surface area (Å²) in [5.74, 6) is 0.175. The van der Waals surface area contributed by atoms with Gasteiger partial charge in [-0.1, -0.05) is 18.2 Å². The lowest BCUT2D eigenvalue weighted by atomic mass is 10.1. The Kier molecular flexibility index (Phi) is 8.34. The molecule has 3 rings (SSSR count). The van der Waals surface area contributed by atoms with Gasteiger partial charge in [-0.25, -0.2) is 9.37 Å². The van der Waals surface area contributed by atoms with E-state index < -0.39 is 5.82 Å². The molecule has 0 saturated heterocycles. The molecule has 0 fully saturated rings. The van der Waals surface area contributed by atoms with Gasteiger partial charge < -0.3 is 14.7 Å². The molecule has 7 heteroatoms. The van der Waals surface area contributed by atoms with Crippen molar-refractivity contribution in [1.82, 2.24) is 14.8 Å². The van der Waals surface area contributed by atoms with Crippen molar-refractivity contribution in [3.63, 3.8) is 0 Å². The molecule has 0 aliphatic carbocycles. The number of anilines is 1. The number of pyridine rings is 1. The Morgan fingerprint density at radius 1 is 0.941 bits per heavy atom. The third-order valence-electron chi connectivity index (χ3n) is 5.79. The van der Waals surface area contributed by atoms with Crippen molar-refractivity contribution in [3.05, 3.63) is 71.0 Å². The maximum atomic E-state index is 13.2. The first-order valence-corrected chi connectivity index (χ1v) is 11.4. The van der Waals surface area contributed by atoms with E-state index in [-0.39, 0.29) is 24.5 Å². The molecule has 0 atom stereocenters. The van der Waals surface area contributed by atoms with Crippen LogP contribution >= 0.6 is 0 Å². The van der Waals surface area contributed by atoms with E-state index in [9.17, 15) is 14.0 Å². The molecule has 0 aliphatic rings. The van der Waals surface area contributed by atoms with Gasteiger partial charge in [-0.2, -0.15) is 0 Å². The van der Waals surface area contributed by atoms with Crippen molar-refractivity contribution in [2.24, 2.45) is 0 Å². The molecular formula is C27H33FN4O2. The first kappa shape index (κ1) is 25.3. The highest BCUT2D eigenvalue weighted by Crippen LogP contribution is 2.26. The van der Waals surface area contributed by atoms with Gasteiger partial charge in [0.25, 0.3) is 0 Å². The van der Waals surface area contributed by atoms with Gasteiger partial charge in [-0.15, -0.1) is 0 Å². The molecule has 2 aromatic carbocycles. The molecule has 0 saturated carbocycles. The summed E-state index contributed by atoms with van der Waals surface area (Å²) < 4.78 is 13.2.